The number of hydrogen-bond donors (Lipinski definition) is 2. The highest BCUT2D eigenvalue weighted by Gasteiger charge is 2.12. The lowest BCUT2D eigenvalue weighted by Gasteiger charge is -2.04. The van der Waals surface area contributed by atoms with Crippen molar-refractivity contribution in [1.29, 1.82) is 0 Å². The molecule has 1 aromatic heterocycles. The van der Waals surface area contributed by atoms with Crippen LogP contribution in [0, 0.1) is 0 Å². The Morgan fingerprint density at radius 1 is 1.27 bits per heavy atom. The average Bonchev–Trinajstić information content (AvgIpc) is 2.98. The van der Waals surface area contributed by atoms with Crippen molar-refractivity contribution in [2.24, 2.45) is 0 Å². The van der Waals surface area contributed by atoms with E-state index < -0.39 is 5.97 Å². The maximum absolute atomic E-state index is 12.0. The van der Waals surface area contributed by atoms with Crippen LogP contribution >= 0.6 is 11.3 Å². The van der Waals surface area contributed by atoms with Crippen LogP contribution in [0.4, 0.5) is 0 Å². The van der Waals surface area contributed by atoms with Crippen molar-refractivity contribution < 1.29 is 14.7 Å². The van der Waals surface area contributed by atoms with Crippen LogP contribution in [0.2, 0.25) is 0 Å². The third kappa shape index (κ3) is 4.14. The Bertz CT molecular complexity index is 662. The van der Waals surface area contributed by atoms with Gasteiger partial charge in [-0.2, -0.15) is 0 Å². The number of carbonyl (C=O) groups is 2. The lowest BCUT2D eigenvalue weighted by Crippen LogP contribution is -2.26. The number of aromatic carboxylic acids is 1. The summed E-state index contributed by atoms with van der Waals surface area (Å²) in [5, 5.41) is 14.4. The van der Waals surface area contributed by atoms with Crippen LogP contribution in [0.3, 0.4) is 0 Å². The number of nitrogens with one attached hydrogen (secondary N) is 1. The summed E-state index contributed by atoms with van der Waals surface area (Å²) in [4.78, 5) is 27.0. The summed E-state index contributed by atoms with van der Waals surface area (Å²) in [5.74, 6) is -0.797. The fourth-order valence-corrected chi connectivity index (χ4v) is 2.70. The summed E-state index contributed by atoms with van der Waals surface area (Å²) in [6.45, 7) is 4.57. The Morgan fingerprint density at radius 3 is 2.50 bits per heavy atom. The molecule has 5 nitrogen and oxygen atoms in total. The van der Waals surface area contributed by atoms with Crippen molar-refractivity contribution in [3.05, 3.63) is 51.5 Å². The summed E-state index contributed by atoms with van der Waals surface area (Å²) in [5.41, 5.74) is 1.69. The minimum Gasteiger partial charge on any atom is -0.478 e. The van der Waals surface area contributed by atoms with Gasteiger partial charge in [-0.25, -0.2) is 9.78 Å². The van der Waals surface area contributed by atoms with E-state index in [0.29, 0.717) is 24.6 Å². The third-order valence-corrected chi connectivity index (χ3v) is 4.29. The topological polar surface area (TPSA) is 79.3 Å². The Balaban J connectivity index is 1.84. The molecule has 1 heterocycles. The van der Waals surface area contributed by atoms with Gasteiger partial charge in [-0.1, -0.05) is 26.0 Å². The van der Waals surface area contributed by atoms with Crippen LogP contribution in [0.25, 0.3) is 0 Å². The molecule has 22 heavy (non-hydrogen) atoms. The van der Waals surface area contributed by atoms with E-state index in [4.69, 9.17) is 5.11 Å². The molecule has 1 amide bonds. The quantitative estimate of drug-likeness (QED) is 0.858. The van der Waals surface area contributed by atoms with E-state index in [0.717, 1.165) is 10.6 Å². The molecule has 0 spiro atoms. The van der Waals surface area contributed by atoms with Crippen molar-refractivity contribution in [3.63, 3.8) is 0 Å². The van der Waals surface area contributed by atoms with E-state index in [1.165, 1.54) is 11.3 Å². The van der Waals surface area contributed by atoms with E-state index in [-0.39, 0.29) is 11.5 Å². The van der Waals surface area contributed by atoms with Gasteiger partial charge in [0.2, 0.25) is 0 Å². The first-order chi connectivity index (χ1) is 10.5. The average molecular weight is 318 g/mol. The zero-order valence-electron chi connectivity index (χ0n) is 12.5. The minimum absolute atomic E-state index is 0.176. The van der Waals surface area contributed by atoms with Gasteiger partial charge < -0.3 is 10.4 Å². The summed E-state index contributed by atoms with van der Waals surface area (Å²) in [6.07, 6.45) is 0.646. The maximum atomic E-state index is 12.0. The molecule has 0 atom stereocenters. The number of benzene rings is 1. The minimum atomic E-state index is -0.940. The molecule has 2 N–H and O–H groups in total. The lowest BCUT2D eigenvalue weighted by molar-refractivity contribution is 0.0696. The van der Waals surface area contributed by atoms with Gasteiger partial charge in [0.15, 0.2) is 0 Å². The van der Waals surface area contributed by atoms with Crippen molar-refractivity contribution in [1.82, 2.24) is 10.3 Å². The van der Waals surface area contributed by atoms with Crippen molar-refractivity contribution in [2.75, 3.05) is 6.54 Å². The maximum Gasteiger partial charge on any atom is 0.335 e. The number of carboxylic acids is 1. The zero-order valence-corrected chi connectivity index (χ0v) is 13.3. The van der Waals surface area contributed by atoms with E-state index in [2.05, 4.69) is 10.3 Å². The monoisotopic (exact) mass is 318 g/mol. The molecule has 0 fully saturated rings. The standard InChI is InChI=1S/C16H18N2O3S/c1-10(2)15-18-13(9-22-15)14(19)17-8-7-11-3-5-12(6-4-11)16(20)21/h3-6,9-10H,7-8H2,1-2H3,(H,17,19)(H,20,21). The fraction of sp³-hybridized carbons (Fsp3) is 0.312. The highest BCUT2D eigenvalue weighted by molar-refractivity contribution is 7.09. The second kappa shape index (κ2) is 7.17. The number of carbonyl (C=O) groups excluding carboxylic acids is 1. The van der Waals surface area contributed by atoms with Crippen molar-refractivity contribution >= 4 is 23.2 Å². The van der Waals surface area contributed by atoms with Crippen molar-refractivity contribution in [3.8, 4) is 0 Å². The van der Waals surface area contributed by atoms with Gasteiger partial charge in [-0.05, 0) is 24.1 Å². The number of rotatable bonds is 6. The van der Waals surface area contributed by atoms with Crippen LogP contribution in [0.5, 0.6) is 0 Å². The van der Waals surface area contributed by atoms with E-state index in [1.54, 1.807) is 29.6 Å². The SMILES string of the molecule is CC(C)c1nc(C(=O)NCCc2ccc(C(=O)O)cc2)cs1. The Hall–Kier alpha value is -2.21. The number of amides is 1. The molecule has 0 aliphatic heterocycles. The normalized spacial score (nSPS) is 10.7. The van der Waals surface area contributed by atoms with Gasteiger partial charge in [-0.15, -0.1) is 11.3 Å². The third-order valence-electron chi connectivity index (χ3n) is 3.15. The van der Waals surface area contributed by atoms with Crippen LogP contribution in [-0.4, -0.2) is 28.5 Å². The number of aromatic nitrogens is 1. The highest BCUT2D eigenvalue weighted by Crippen LogP contribution is 2.18. The predicted molar refractivity (Wildman–Crippen MR) is 85.6 cm³/mol. The number of carboxylic acid groups (broad SMARTS) is 1. The largest absolute Gasteiger partial charge is 0.478 e. The van der Waals surface area contributed by atoms with Gasteiger partial charge in [0, 0.05) is 17.8 Å². The summed E-state index contributed by atoms with van der Waals surface area (Å²) < 4.78 is 0. The first-order valence-electron chi connectivity index (χ1n) is 7.03. The second-order valence-corrected chi connectivity index (χ2v) is 6.12. The first-order valence-corrected chi connectivity index (χ1v) is 7.91. The molecule has 2 rings (SSSR count). The van der Waals surface area contributed by atoms with E-state index in [1.807, 2.05) is 13.8 Å². The van der Waals surface area contributed by atoms with Gasteiger partial charge in [0.25, 0.3) is 5.91 Å². The highest BCUT2D eigenvalue weighted by atomic mass is 32.1. The molecular formula is C16H18N2O3S. The Labute approximate surface area is 133 Å². The van der Waals surface area contributed by atoms with Crippen LogP contribution in [0.1, 0.15) is 51.2 Å². The number of hydrogen-bond acceptors (Lipinski definition) is 4. The van der Waals surface area contributed by atoms with Crippen molar-refractivity contribution in [2.45, 2.75) is 26.2 Å². The van der Waals surface area contributed by atoms with Gasteiger partial charge in [0.05, 0.1) is 10.6 Å². The second-order valence-electron chi connectivity index (χ2n) is 5.23. The molecular weight excluding hydrogens is 300 g/mol. The zero-order chi connectivity index (χ0) is 16.1. The van der Waals surface area contributed by atoms with E-state index >= 15 is 0 Å². The molecule has 0 aliphatic rings. The predicted octanol–water partition coefficient (Wildman–Crippen LogP) is 2.94. The summed E-state index contributed by atoms with van der Waals surface area (Å²) in [6, 6.07) is 6.65. The molecule has 2 aromatic rings. The molecule has 1 aromatic carbocycles. The molecule has 6 heteroatoms. The van der Waals surface area contributed by atoms with Gasteiger partial charge in [0.1, 0.15) is 5.69 Å². The molecule has 0 aliphatic carbocycles. The van der Waals surface area contributed by atoms with Gasteiger partial charge in [-0.3, -0.25) is 4.79 Å². The lowest BCUT2D eigenvalue weighted by atomic mass is 10.1. The van der Waals surface area contributed by atoms with E-state index in [9.17, 15) is 9.59 Å². The van der Waals surface area contributed by atoms with Crippen LogP contribution in [-0.2, 0) is 6.42 Å². The fourth-order valence-electron chi connectivity index (χ4n) is 1.88. The first kappa shape index (κ1) is 16.2. The summed E-state index contributed by atoms with van der Waals surface area (Å²) >= 11 is 1.49. The van der Waals surface area contributed by atoms with Gasteiger partial charge >= 0.3 is 5.97 Å². The smallest absolute Gasteiger partial charge is 0.335 e. The molecule has 0 radical (unpaired) electrons. The van der Waals surface area contributed by atoms with Crippen LogP contribution < -0.4 is 5.32 Å². The number of nitrogens with zero attached hydrogens (tertiary/aromatic N) is 1. The Kier molecular flexibility index (Phi) is 5.27. The molecule has 0 saturated carbocycles. The molecule has 0 saturated heterocycles. The van der Waals surface area contributed by atoms with Crippen LogP contribution in [0.15, 0.2) is 29.6 Å². The molecule has 116 valence electrons. The molecule has 0 bridgehead atoms. The molecule has 0 unspecified atom stereocenters. The number of thiazole rings is 1. The summed E-state index contributed by atoms with van der Waals surface area (Å²) in [7, 11) is 0. The Morgan fingerprint density at radius 2 is 1.95 bits per heavy atom.